The van der Waals surface area contributed by atoms with Crippen molar-refractivity contribution in [2.45, 2.75) is 75.2 Å². The normalized spacial score (nSPS) is 27.9. The quantitative estimate of drug-likeness (QED) is 0.482. The molecule has 10 nitrogen and oxygen atoms in total. The van der Waals surface area contributed by atoms with Crippen LogP contribution in [0.1, 0.15) is 56.6 Å². The van der Waals surface area contributed by atoms with Crippen LogP contribution < -0.4 is 9.47 Å². The van der Waals surface area contributed by atoms with Gasteiger partial charge in [0.1, 0.15) is 5.76 Å². The van der Waals surface area contributed by atoms with Gasteiger partial charge in [-0.1, -0.05) is 13.8 Å². The van der Waals surface area contributed by atoms with Crippen LogP contribution in [0.2, 0.25) is 0 Å². The average Bonchev–Trinajstić information content (AvgIpc) is 3.59. The highest BCUT2D eigenvalue weighted by molar-refractivity contribution is 5.89. The van der Waals surface area contributed by atoms with Crippen LogP contribution in [-0.2, 0) is 30.2 Å². The van der Waals surface area contributed by atoms with Crippen LogP contribution in [0.5, 0.6) is 11.5 Å². The average molecular weight is 532 g/mol. The van der Waals surface area contributed by atoms with E-state index in [0.717, 1.165) is 50.6 Å². The van der Waals surface area contributed by atoms with Gasteiger partial charge in [0.05, 0.1) is 25.7 Å². The Bertz CT molecular complexity index is 1130. The Kier molecular flexibility index (Phi) is 7.08. The summed E-state index contributed by atoms with van der Waals surface area (Å²) in [5.74, 6) is -0.634. The van der Waals surface area contributed by atoms with Crippen LogP contribution >= 0.6 is 0 Å². The van der Waals surface area contributed by atoms with Gasteiger partial charge in [-0.2, -0.15) is 0 Å². The van der Waals surface area contributed by atoms with Gasteiger partial charge >= 0.3 is 11.9 Å². The first-order valence-electron chi connectivity index (χ1n) is 13.3. The standard InChI is InChI=1S/C28H37NO9/c1-16(2)6-9-28(33,24(30)25(31)35-4)26(32)38-23-21(34-3)14-27-8-5-10-29(27)11-7-17-12-19-20(37-15-36-19)13-18(17)22(23)27/h12-14,16,22-24,30,33H,5-11,15H2,1-4H3/t22-,23-,24+,27-,28-/m0/s1. The van der Waals surface area contributed by atoms with E-state index in [1.54, 1.807) is 0 Å². The van der Waals surface area contributed by atoms with Crippen molar-refractivity contribution < 1.29 is 43.5 Å². The molecule has 1 spiro atoms. The summed E-state index contributed by atoms with van der Waals surface area (Å²) < 4.78 is 27.8. The summed E-state index contributed by atoms with van der Waals surface area (Å²) in [6.07, 6.45) is 1.88. The number of aliphatic hydroxyl groups excluding tert-OH is 1. The van der Waals surface area contributed by atoms with Crippen LogP contribution in [0.25, 0.3) is 0 Å². The Labute approximate surface area is 222 Å². The first kappa shape index (κ1) is 26.8. The Balaban J connectivity index is 1.56. The molecule has 4 aliphatic rings. The van der Waals surface area contributed by atoms with Gasteiger partial charge in [-0.05, 0) is 73.9 Å². The summed E-state index contributed by atoms with van der Waals surface area (Å²) in [6.45, 7) is 5.70. The van der Waals surface area contributed by atoms with Crippen molar-refractivity contribution in [3.8, 4) is 11.5 Å². The van der Waals surface area contributed by atoms with E-state index in [4.69, 9.17) is 18.9 Å². The van der Waals surface area contributed by atoms with Crippen molar-refractivity contribution in [3.05, 3.63) is 35.1 Å². The molecule has 3 heterocycles. The van der Waals surface area contributed by atoms with E-state index in [2.05, 4.69) is 9.64 Å². The minimum atomic E-state index is -2.48. The first-order valence-corrected chi connectivity index (χ1v) is 13.3. The molecule has 2 N–H and O–H groups in total. The molecular weight excluding hydrogens is 494 g/mol. The fourth-order valence-electron chi connectivity index (χ4n) is 6.48. The zero-order chi connectivity index (χ0) is 27.2. The molecule has 5 rings (SSSR count). The number of carbonyl (C=O) groups excluding carboxylic acids is 2. The molecule has 208 valence electrons. The first-order chi connectivity index (χ1) is 18.1. The fourth-order valence-corrected chi connectivity index (χ4v) is 6.48. The molecule has 5 atom stereocenters. The lowest BCUT2D eigenvalue weighted by atomic mass is 9.77. The van der Waals surface area contributed by atoms with Crippen LogP contribution in [0.3, 0.4) is 0 Å². The summed E-state index contributed by atoms with van der Waals surface area (Å²) in [4.78, 5) is 28.4. The minimum absolute atomic E-state index is 0.105. The number of fused-ring (bicyclic) bond motifs is 3. The highest BCUT2D eigenvalue weighted by Gasteiger charge is 2.59. The van der Waals surface area contributed by atoms with Crippen LogP contribution in [0.4, 0.5) is 0 Å². The lowest BCUT2D eigenvalue weighted by molar-refractivity contribution is -0.195. The Morgan fingerprint density at radius 3 is 2.63 bits per heavy atom. The third-order valence-electron chi connectivity index (χ3n) is 8.53. The number of hydrogen-bond acceptors (Lipinski definition) is 10. The number of ether oxygens (including phenoxy) is 5. The monoisotopic (exact) mass is 531 g/mol. The van der Waals surface area contributed by atoms with Crippen molar-refractivity contribution >= 4 is 11.9 Å². The second-order valence-corrected chi connectivity index (χ2v) is 11.1. The number of aliphatic hydroxyl groups is 2. The number of nitrogens with zero attached hydrogens (tertiary/aromatic N) is 1. The van der Waals surface area contributed by atoms with E-state index in [9.17, 15) is 19.8 Å². The third kappa shape index (κ3) is 4.23. The lowest BCUT2D eigenvalue weighted by Crippen LogP contribution is -2.56. The summed E-state index contributed by atoms with van der Waals surface area (Å²) in [5, 5.41) is 22.1. The topological polar surface area (TPSA) is 124 Å². The van der Waals surface area contributed by atoms with Gasteiger partial charge in [-0.15, -0.1) is 0 Å². The Morgan fingerprint density at radius 2 is 1.95 bits per heavy atom. The predicted octanol–water partition coefficient (Wildman–Crippen LogP) is 2.05. The van der Waals surface area contributed by atoms with Crippen molar-refractivity contribution in [1.29, 1.82) is 0 Å². The molecule has 0 aromatic heterocycles. The number of esters is 2. The number of rotatable bonds is 8. The van der Waals surface area contributed by atoms with Crippen molar-refractivity contribution in [3.63, 3.8) is 0 Å². The summed E-state index contributed by atoms with van der Waals surface area (Å²) in [5.41, 5.74) is -0.890. The maximum Gasteiger partial charge on any atom is 0.342 e. The van der Waals surface area contributed by atoms with Crippen LogP contribution in [0, 0.1) is 5.92 Å². The van der Waals surface area contributed by atoms with Gasteiger partial charge in [-0.25, -0.2) is 9.59 Å². The number of hydrogen-bond donors (Lipinski definition) is 2. The molecule has 38 heavy (non-hydrogen) atoms. The van der Waals surface area contributed by atoms with Crippen LogP contribution in [-0.4, -0.2) is 84.5 Å². The molecule has 0 unspecified atom stereocenters. The van der Waals surface area contributed by atoms with Gasteiger partial charge in [0.15, 0.2) is 29.3 Å². The largest absolute Gasteiger partial charge is 0.497 e. The number of methoxy groups -OCH3 is 2. The molecule has 1 aromatic carbocycles. The smallest absolute Gasteiger partial charge is 0.342 e. The van der Waals surface area contributed by atoms with Gasteiger partial charge in [0, 0.05) is 6.54 Å². The second-order valence-electron chi connectivity index (χ2n) is 11.1. The van der Waals surface area contributed by atoms with E-state index in [0.29, 0.717) is 23.7 Å². The van der Waals surface area contributed by atoms with E-state index >= 15 is 0 Å². The molecule has 1 aromatic rings. The molecule has 1 fully saturated rings. The van der Waals surface area contributed by atoms with Gasteiger partial charge < -0.3 is 33.9 Å². The molecular formula is C28H37NO9. The molecule has 0 bridgehead atoms. The fraction of sp³-hybridized carbons (Fsp3) is 0.643. The van der Waals surface area contributed by atoms with E-state index in [1.807, 2.05) is 32.1 Å². The molecule has 3 aliphatic heterocycles. The summed E-state index contributed by atoms with van der Waals surface area (Å²) in [6, 6.07) is 3.96. The Hall–Kier alpha value is -2.82. The van der Waals surface area contributed by atoms with Crippen molar-refractivity contribution in [1.82, 2.24) is 4.90 Å². The minimum Gasteiger partial charge on any atom is -0.497 e. The molecule has 10 heteroatoms. The maximum atomic E-state index is 13.7. The number of benzene rings is 1. The van der Waals surface area contributed by atoms with E-state index in [1.165, 1.54) is 7.11 Å². The molecule has 0 saturated carbocycles. The third-order valence-corrected chi connectivity index (χ3v) is 8.53. The predicted molar refractivity (Wildman–Crippen MR) is 135 cm³/mol. The highest BCUT2D eigenvalue weighted by atomic mass is 16.7. The number of carbonyl (C=O) groups is 2. The molecule has 0 radical (unpaired) electrons. The van der Waals surface area contributed by atoms with E-state index in [-0.39, 0.29) is 25.0 Å². The van der Waals surface area contributed by atoms with E-state index < -0.39 is 35.3 Å². The van der Waals surface area contributed by atoms with Crippen molar-refractivity contribution in [2.24, 2.45) is 5.92 Å². The van der Waals surface area contributed by atoms with Gasteiger partial charge in [0.25, 0.3) is 0 Å². The summed E-state index contributed by atoms with van der Waals surface area (Å²) >= 11 is 0. The van der Waals surface area contributed by atoms with Crippen molar-refractivity contribution in [2.75, 3.05) is 34.1 Å². The van der Waals surface area contributed by atoms with Crippen LogP contribution in [0.15, 0.2) is 24.0 Å². The lowest BCUT2D eigenvalue weighted by Gasteiger charge is -2.40. The summed E-state index contributed by atoms with van der Waals surface area (Å²) in [7, 11) is 2.62. The molecule has 1 saturated heterocycles. The van der Waals surface area contributed by atoms with Gasteiger partial charge in [0.2, 0.25) is 6.79 Å². The highest BCUT2D eigenvalue weighted by Crippen LogP contribution is 2.55. The Morgan fingerprint density at radius 1 is 1.21 bits per heavy atom. The zero-order valence-electron chi connectivity index (χ0n) is 22.4. The maximum absolute atomic E-state index is 13.7. The van der Waals surface area contributed by atoms with Gasteiger partial charge in [-0.3, -0.25) is 4.90 Å². The molecule has 1 aliphatic carbocycles. The second kappa shape index (κ2) is 10.1. The molecule has 0 amide bonds. The SMILES string of the molecule is COC(=O)[C@@H](O)[C@@](O)(CCC(C)C)C(=O)O[C@H]1C(OC)=C[C@]23CCCN2CCc2cc4c(cc2[C@@H]13)OCO4. The zero-order valence-corrected chi connectivity index (χ0v) is 22.4.